The van der Waals surface area contributed by atoms with E-state index in [0.29, 0.717) is 19.8 Å². The third kappa shape index (κ3) is 4.73. The number of benzene rings is 2. The van der Waals surface area contributed by atoms with E-state index in [1.165, 1.54) is 11.1 Å². The van der Waals surface area contributed by atoms with Gasteiger partial charge in [-0.2, -0.15) is 0 Å². The van der Waals surface area contributed by atoms with Crippen LogP contribution < -0.4 is 15.2 Å². The molecule has 0 spiro atoms. The van der Waals surface area contributed by atoms with Crippen LogP contribution in [0.2, 0.25) is 0 Å². The Morgan fingerprint density at radius 3 is 2.22 bits per heavy atom. The molecule has 2 N–H and O–H groups in total. The first-order valence-corrected chi connectivity index (χ1v) is 8.06. The van der Waals surface area contributed by atoms with Crippen LogP contribution in [0.15, 0.2) is 42.5 Å². The van der Waals surface area contributed by atoms with E-state index in [2.05, 4.69) is 39.8 Å². The number of nitrogens with two attached hydrogens (primary N) is 1. The minimum Gasteiger partial charge on any atom is -0.490 e. The van der Waals surface area contributed by atoms with E-state index < -0.39 is 0 Å². The van der Waals surface area contributed by atoms with E-state index in [1.807, 2.05) is 30.3 Å². The molecule has 0 amide bonds. The van der Waals surface area contributed by atoms with Crippen molar-refractivity contribution >= 4 is 0 Å². The Bertz CT molecular complexity index is 644. The minimum absolute atomic E-state index is 0.0500. The third-order valence-electron chi connectivity index (χ3n) is 3.73. The van der Waals surface area contributed by atoms with Crippen molar-refractivity contribution in [2.45, 2.75) is 39.7 Å². The van der Waals surface area contributed by atoms with Gasteiger partial charge in [0.05, 0.1) is 0 Å². The molecule has 0 unspecified atom stereocenters. The first kappa shape index (κ1) is 17.4. The Morgan fingerprint density at radius 2 is 1.57 bits per heavy atom. The number of hydrogen-bond acceptors (Lipinski definition) is 3. The van der Waals surface area contributed by atoms with Gasteiger partial charge in [0.25, 0.3) is 0 Å². The molecule has 0 bridgehead atoms. The maximum Gasteiger partial charge on any atom is 0.123 e. The largest absolute Gasteiger partial charge is 0.490 e. The summed E-state index contributed by atoms with van der Waals surface area (Å²) in [4.78, 5) is 0. The van der Waals surface area contributed by atoms with Crippen molar-refractivity contribution in [3.05, 3.63) is 59.2 Å². The molecule has 23 heavy (non-hydrogen) atoms. The van der Waals surface area contributed by atoms with Crippen LogP contribution in [0.5, 0.6) is 11.5 Å². The Morgan fingerprint density at radius 1 is 0.913 bits per heavy atom. The number of para-hydroxylation sites is 1. The molecule has 2 aromatic rings. The van der Waals surface area contributed by atoms with Gasteiger partial charge in [-0.15, -0.1) is 0 Å². The molecule has 124 valence electrons. The molecular formula is C20H27NO2. The first-order valence-electron chi connectivity index (χ1n) is 8.06. The molecule has 2 aromatic carbocycles. The Hall–Kier alpha value is -2.00. The molecule has 3 heteroatoms. The summed E-state index contributed by atoms with van der Waals surface area (Å²) in [5.74, 6) is 1.76. The number of ether oxygens (including phenoxy) is 2. The Kier molecular flexibility index (Phi) is 5.67. The highest BCUT2D eigenvalue weighted by molar-refractivity contribution is 5.41. The maximum atomic E-state index is 5.96. The van der Waals surface area contributed by atoms with Crippen molar-refractivity contribution in [3.63, 3.8) is 0 Å². The van der Waals surface area contributed by atoms with Crippen LogP contribution in [0.4, 0.5) is 0 Å². The zero-order chi connectivity index (χ0) is 16.9. The van der Waals surface area contributed by atoms with Crippen molar-refractivity contribution in [3.8, 4) is 11.5 Å². The predicted octanol–water partition coefficient (Wildman–Crippen LogP) is 4.21. The van der Waals surface area contributed by atoms with Crippen LogP contribution in [0.1, 0.15) is 37.5 Å². The first-order chi connectivity index (χ1) is 10.9. The summed E-state index contributed by atoms with van der Waals surface area (Å²) < 4.78 is 11.8. The highest BCUT2D eigenvalue weighted by atomic mass is 16.5. The smallest absolute Gasteiger partial charge is 0.123 e. The summed E-state index contributed by atoms with van der Waals surface area (Å²) in [6.45, 7) is 10.2. The second-order valence-corrected chi connectivity index (χ2v) is 6.76. The molecule has 0 saturated heterocycles. The molecule has 3 nitrogen and oxygen atoms in total. The molecule has 0 atom stereocenters. The molecule has 0 radical (unpaired) electrons. The number of rotatable bonds is 6. The van der Waals surface area contributed by atoms with E-state index in [-0.39, 0.29) is 5.41 Å². The molecule has 0 aromatic heterocycles. The summed E-state index contributed by atoms with van der Waals surface area (Å²) >= 11 is 0. The summed E-state index contributed by atoms with van der Waals surface area (Å²) in [7, 11) is 0. The van der Waals surface area contributed by atoms with Crippen molar-refractivity contribution in [1.29, 1.82) is 0 Å². The van der Waals surface area contributed by atoms with Crippen molar-refractivity contribution in [2.24, 2.45) is 5.73 Å². The van der Waals surface area contributed by atoms with Crippen LogP contribution in [0.25, 0.3) is 0 Å². The molecule has 0 saturated carbocycles. The minimum atomic E-state index is 0.0500. The standard InChI is InChI=1S/C20H27NO2/c1-15-9-10-19(17(13-15)20(2,3)4)23-12-11-22-18-8-6-5-7-16(18)14-21/h5-10,13H,11-12,14,21H2,1-4H3. The van der Waals surface area contributed by atoms with E-state index in [0.717, 1.165) is 17.1 Å². The lowest BCUT2D eigenvalue weighted by atomic mass is 9.85. The average Bonchev–Trinajstić information content (AvgIpc) is 2.52. The van der Waals surface area contributed by atoms with E-state index in [1.54, 1.807) is 0 Å². The van der Waals surface area contributed by atoms with Crippen LogP contribution in [0, 0.1) is 6.92 Å². The SMILES string of the molecule is Cc1ccc(OCCOc2ccccc2CN)c(C(C)(C)C)c1. The normalized spacial score (nSPS) is 11.3. The fourth-order valence-corrected chi connectivity index (χ4v) is 2.47. The van der Waals surface area contributed by atoms with Crippen molar-refractivity contribution < 1.29 is 9.47 Å². The number of hydrogen-bond donors (Lipinski definition) is 1. The van der Waals surface area contributed by atoms with Crippen molar-refractivity contribution in [1.82, 2.24) is 0 Å². The van der Waals surface area contributed by atoms with Gasteiger partial charge in [0.1, 0.15) is 24.7 Å². The summed E-state index contributed by atoms with van der Waals surface area (Å²) in [6.07, 6.45) is 0. The molecule has 0 aliphatic carbocycles. The van der Waals surface area contributed by atoms with Crippen molar-refractivity contribution in [2.75, 3.05) is 13.2 Å². The quantitative estimate of drug-likeness (QED) is 0.813. The van der Waals surface area contributed by atoms with Gasteiger partial charge in [0.2, 0.25) is 0 Å². The second-order valence-electron chi connectivity index (χ2n) is 6.76. The van der Waals surface area contributed by atoms with Gasteiger partial charge in [-0.05, 0) is 30.0 Å². The van der Waals surface area contributed by atoms with Crippen LogP contribution >= 0.6 is 0 Å². The third-order valence-corrected chi connectivity index (χ3v) is 3.73. The lowest BCUT2D eigenvalue weighted by molar-refractivity contribution is 0.213. The summed E-state index contributed by atoms with van der Waals surface area (Å²) in [5, 5.41) is 0. The number of aryl methyl sites for hydroxylation is 1. The topological polar surface area (TPSA) is 44.5 Å². The fourth-order valence-electron chi connectivity index (χ4n) is 2.47. The van der Waals surface area contributed by atoms with Crippen LogP contribution in [-0.2, 0) is 12.0 Å². The van der Waals surface area contributed by atoms with E-state index >= 15 is 0 Å². The predicted molar refractivity (Wildman–Crippen MR) is 95.2 cm³/mol. The van der Waals surface area contributed by atoms with E-state index in [9.17, 15) is 0 Å². The second kappa shape index (κ2) is 7.51. The van der Waals surface area contributed by atoms with Gasteiger partial charge in [0.15, 0.2) is 0 Å². The average molecular weight is 313 g/mol. The van der Waals surface area contributed by atoms with Gasteiger partial charge in [0, 0.05) is 12.1 Å². The van der Waals surface area contributed by atoms with Gasteiger partial charge < -0.3 is 15.2 Å². The molecule has 0 aliphatic rings. The molecule has 2 rings (SSSR count). The van der Waals surface area contributed by atoms with Crippen LogP contribution in [0.3, 0.4) is 0 Å². The van der Waals surface area contributed by atoms with Gasteiger partial charge in [-0.25, -0.2) is 0 Å². The molecule has 0 heterocycles. The lowest BCUT2D eigenvalue weighted by Crippen LogP contribution is -2.16. The monoisotopic (exact) mass is 313 g/mol. The maximum absolute atomic E-state index is 5.96. The zero-order valence-electron chi connectivity index (χ0n) is 14.6. The highest BCUT2D eigenvalue weighted by Crippen LogP contribution is 2.32. The van der Waals surface area contributed by atoms with Gasteiger partial charge in [-0.1, -0.05) is 56.7 Å². The fraction of sp³-hybridized carbons (Fsp3) is 0.400. The van der Waals surface area contributed by atoms with Gasteiger partial charge >= 0.3 is 0 Å². The molecule has 0 aliphatic heterocycles. The van der Waals surface area contributed by atoms with E-state index in [4.69, 9.17) is 15.2 Å². The summed E-state index contributed by atoms with van der Waals surface area (Å²) in [6, 6.07) is 14.2. The lowest BCUT2D eigenvalue weighted by Gasteiger charge is -2.23. The van der Waals surface area contributed by atoms with Crippen LogP contribution in [-0.4, -0.2) is 13.2 Å². The molecule has 0 fully saturated rings. The highest BCUT2D eigenvalue weighted by Gasteiger charge is 2.19. The van der Waals surface area contributed by atoms with Gasteiger partial charge in [-0.3, -0.25) is 0 Å². The Balaban J connectivity index is 1.97. The summed E-state index contributed by atoms with van der Waals surface area (Å²) in [5.41, 5.74) is 9.25. The zero-order valence-corrected chi connectivity index (χ0v) is 14.6. The Labute approximate surface area is 139 Å². The molecular weight excluding hydrogens is 286 g/mol.